The van der Waals surface area contributed by atoms with Gasteiger partial charge in [0.25, 0.3) is 10.0 Å². The van der Waals surface area contributed by atoms with E-state index < -0.39 is 10.0 Å². The van der Waals surface area contributed by atoms with Crippen LogP contribution in [0.25, 0.3) is 0 Å². The lowest BCUT2D eigenvalue weighted by Crippen LogP contribution is -2.58. The minimum absolute atomic E-state index is 0.0123. The van der Waals surface area contributed by atoms with E-state index in [1.165, 1.54) is 16.9 Å². The molecule has 1 saturated heterocycles. The Morgan fingerprint density at radius 3 is 2.45 bits per heavy atom. The molecule has 164 valence electrons. The van der Waals surface area contributed by atoms with Crippen LogP contribution in [-0.2, 0) is 16.6 Å². The molecular formula is C23H27N3O3S2. The Morgan fingerprint density at radius 1 is 1.03 bits per heavy atom. The van der Waals surface area contributed by atoms with Crippen LogP contribution >= 0.6 is 11.3 Å². The summed E-state index contributed by atoms with van der Waals surface area (Å²) in [6, 6.07) is 20.8. The van der Waals surface area contributed by atoms with Gasteiger partial charge in [-0.2, -0.15) is 4.31 Å². The summed E-state index contributed by atoms with van der Waals surface area (Å²) in [6.07, 6.45) is 0. The summed E-state index contributed by atoms with van der Waals surface area (Å²) in [4.78, 5) is 4.48. The van der Waals surface area contributed by atoms with Crippen LogP contribution in [0.15, 0.2) is 76.3 Å². The first-order valence-corrected chi connectivity index (χ1v) is 12.6. The second-order valence-corrected chi connectivity index (χ2v) is 11.0. The van der Waals surface area contributed by atoms with Gasteiger partial charge in [0.15, 0.2) is 0 Å². The van der Waals surface area contributed by atoms with Crippen molar-refractivity contribution in [2.45, 2.75) is 16.8 Å². The lowest BCUT2D eigenvalue weighted by molar-refractivity contribution is 0.249. The SMILES string of the molecule is CN(Cc1ccccc1)C[C@H]1CN(S(=O)(=O)c2cccs2)CCN1c1ccc(O)cc1. The van der Waals surface area contributed by atoms with Gasteiger partial charge < -0.3 is 14.9 Å². The van der Waals surface area contributed by atoms with Crippen LogP contribution < -0.4 is 4.90 Å². The minimum atomic E-state index is -3.49. The predicted octanol–water partition coefficient (Wildman–Crippen LogP) is 3.47. The Morgan fingerprint density at radius 2 is 1.77 bits per heavy atom. The number of aromatic hydroxyl groups is 1. The maximum atomic E-state index is 13.1. The lowest BCUT2D eigenvalue weighted by atomic mass is 10.1. The smallest absolute Gasteiger partial charge is 0.252 e. The number of benzene rings is 2. The predicted molar refractivity (Wildman–Crippen MR) is 125 cm³/mol. The van der Waals surface area contributed by atoms with Crippen LogP contribution in [0, 0.1) is 0 Å². The number of hydrogen-bond donors (Lipinski definition) is 1. The molecule has 0 aliphatic carbocycles. The van der Waals surface area contributed by atoms with Crippen molar-refractivity contribution in [2.75, 3.05) is 38.1 Å². The number of phenols is 1. The topological polar surface area (TPSA) is 64.1 Å². The number of nitrogens with zero attached hydrogens (tertiary/aromatic N) is 3. The normalized spacial score (nSPS) is 17.9. The Balaban J connectivity index is 1.55. The van der Waals surface area contributed by atoms with E-state index in [1.807, 2.05) is 30.3 Å². The van der Waals surface area contributed by atoms with Gasteiger partial charge >= 0.3 is 0 Å². The molecule has 1 fully saturated rings. The van der Waals surface area contributed by atoms with E-state index >= 15 is 0 Å². The Hall–Kier alpha value is -2.39. The molecule has 3 aromatic rings. The number of rotatable bonds is 7. The lowest BCUT2D eigenvalue weighted by Gasteiger charge is -2.43. The summed E-state index contributed by atoms with van der Waals surface area (Å²) in [5.74, 6) is 0.223. The Labute approximate surface area is 188 Å². The van der Waals surface area contributed by atoms with Gasteiger partial charge in [-0.3, -0.25) is 0 Å². The van der Waals surface area contributed by atoms with Crippen molar-refractivity contribution in [2.24, 2.45) is 0 Å². The molecule has 0 unspecified atom stereocenters. The van der Waals surface area contributed by atoms with Gasteiger partial charge in [-0.05, 0) is 48.3 Å². The van der Waals surface area contributed by atoms with Crippen molar-refractivity contribution >= 4 is 27.0 Å². The third-order valence-corrected chi connectivity index (χ3v) is 8.77. The number of sulfonamides is 1. The van der Waals surface area contributed by atoms with E-state index in [2.05, 4.69) is 29.0 Å². The number of likely N-dealkylation sites (N-methyl/N-ethyl adjacent to an activating group) is 1. The third kappa shape index (κ3) is 5.10. The molecule has 4 rings (SSSR count). The molecule has 0 radical (unpaired) electrons. The summed E-state index contributed by atoms with van der Waals surface area (Å²) >= 11 is 1.26. The van der Waals surface area contributed by atoms with Crippen molar-refractivity contribution in [1.82, 2.24) is 9.21 Å². The van der Waals surface area contributed by atoms with Crippen LogP contribution in [0.4, 0.5) is 5.69 Å². The van der Waals surface area contributed by atoms with Gasteiger partial charge in [0, 0.05) is 38.4 Å². The summed E-state index contributed by atoms with van der Waals surface area (Å²) in [5.41, 5.74) is 2.21. The van der Waals surface area contributed by atoms with E-state index in [0.717, 1.165) is 12.2 Å². The van der Waals surface area contributed by atoms with E-state index in [-0.39, 0.29) is 11.8 Å². The molecule has 1 aliphatic heterocycles. The van der Waals surface area contributed by atoms with Crippen LogP contribution in [-0.4, -0.2) is 62.0 Å². The molecule has 1 aliphatic rings. The minimum Gasteiger partial charge on any atom is -0.508 e. The highest BCUT2D eigenvalue weighted by molar-refractivity contribution is 7.91. The van der Waals surface area contributed by atoms with E-state index in [9.17, 15) is 13.5 Å². The number of thiophene rings is 1. The maximum absolute atomic E-state index is 13.1. The average molecular weight is 458 g/mol. The summed E-state index contributed by atoms with van der Waals surface area (Å²) < 4.78 is 28.3. The Bertz CT molecular complexity index is 1070. The van der Waals surface area contributed by atoms with Crippen LogP contribution in [0.2, 0.25) is 0 Å². The molecule has 2 aromatic carbocycles. The van der Waals surface area contributed by atoms with Gasteiger partial charge in [-0.15, -0.1) is 11.3 Å². The molecule has 1 atom stereocenters. The largest absolute Gasteiger partial charge is 0.508 e. The second-order valence-electron chi connectivity index (χ2n) is 7.84. The fourth-order valence-electron chi connectivity index (χ4n) is 4.04. The zero-order valence-corrected chi connectivity index (χ0v) is 19.1. The molecular weight excluding hydrogens is 430 g/mol. The first kappa shape index (κ1) is 21.8. The molecule has 0 spiro atoms. The van der Waals surface area contributed by atoms with Gasteiger partial charge in [-0.1, -0.05) is 36.4 Å². The van der Waals surface area contributed by atoms with Crippen molar-refractivity contribution in [3.63, 3.8) is 0 Å². The fourth-order valence-corrected chi connectivity index (χ4v) is 6.66. The second kappa shape index (κ2) is 9.40. The maximum Gasteiger partial charge on any atom is 0.252 e. The number of phenolic OH excluding ortho intramolecular Hbond substituents is 1. The highest BCUT2D eigenvalue weighted by Crippen LogP contribution is 2.28. The standard InChI is InChI=1S/C23H27N3O3S2/c1-24(16-19-6-3-2-4-7-19)17-21-18-25(31(28,29)23-8-5-15-30-23)13-14-26(21)20-9-11-22(27)12-10-20/h2-12,15,21,27H,13-14,16-18H2,1H3/t21-/m0/s1. The molecule has 1 aromatic heterocycles. The van der Waals surface area contributed by atoms with E-state index in [4.69, 9.17) is 0 Å². The zero-order chi connectivity index (χ0) is 21.8. The summed E-state index contributed by atoms with van der Waals surface area (Å²) in [5, 5.41) is 11.5. The van der Waals surface area contributed by atoms with Gasteiger partial charge in [0.2, 0.25) is 0 Å². The van der Waals surface area contributed by atoms with Gasteiger partial charge in [-0.25, -0.2) is 8.42 Å². The van der Waals surface area contributed by atoms with E-state index in [1.54, 1.807) is 34.0 Å². The highest BCUT2D eigenvalue weighted by Gasteiger charge is 2.35. The summed E-state index contributed by atoms with van der Waals surface area (Å²) in [6.45, 7) is 2.95. The van der Waals surface area contributed by atoms with Crippen LogP contribution in [0.3, 0.4) is 0 Å². The quantitative estimate of drug-likeness (QED) is 0.589. The first-order valence-electron chi connectivity index (χ1n) is 10.3. The van der Waals surface area contributed by atoms with Crippen molar-refractivity contribution in [3.8, 4) is 5.75 Å². The molecule has 6 nitrogen and oxygen atoms in total. The van der Waals surface area contributed by atoms with Crippen molar-refractivity contribution < 1.29 is 13.5 Å². The number of anilines is 1. The molecule has 31 heavy (non-hydrogen) atoms. The number of hydrogen-bond acceptors (Lipinski definition) is 6. The fraction of sp³-hybridized carbons (Fsp3) is 0.304. The van der Waals surface area contributed by atoms with Crippen LogP contribution in [0.1, 0.15) is 5.56 Å². The van der Waals surface area contributed by atoms with Gasteiger partial charge in [0.05, 0.1) is 6.04 Å². The molecule has 0 bridgehead atoms. The number of piperazine rings is 1. The van der Waals surface area contributed by atoms with Crippen molar-refractivity contribution in [3.05, 3.63) is 77.7 Å². The molecule has 0 saturated carbocycles. The zero-order valence-electron chi connectivity index (χ0n) is 17.5. The van der Waals surface area contributed by atoms with Crippen molar-refractivity contribution in [1.29, 1.82) is 0 Å². The average Bonchev–Trinajstić information content (AvgIpc) is 3.31. The molecule has 2 heterocycles. The molecule has 8 heteroatoms. The van der Waals surface area contributed by atoms with E-state index in [0.29, 0.717) is 30.4 Å². The monoisotopic (exact) mass is 457 g/mol. The Kier molecular flexibility index (Phi) is 6.62. The first-order chi connectivity index (χ1) is 14.9. The van der Waals surface area contributed by atoms with Crippen LogP contribution in [0.5, 0.6) is 5.75 Å². The third-order valence-electron chi connectivity index (χ3n) is 5.53. The molecule has 1 N–H and O–H groups in total. The highest BCUT2D eigenvalue weighted by atomic mass is 32.2. The van der Waals surface area contributed by atoms with Gasteiger partial charge in [0.1, 0.15) is 9.96 Å². The summed E-state index contributed by atoms with van der Waals surface area (Å²) in [7, 11) is -1.43. The molecule has 0 amide bonds.